The highest BCUT2D eigenvalue weighted by molar-refractivity contribution is 6.31. The highest BCUT2D eigenvalue weighted by Crippen LogP contribution is 2.33. The maximum Gasteiger partial charge on any atom is 0.242 e. The van der Waals surface area contributed by atoms with Crippen molar-refractivity contribution in [1.29, 1.82) is 0 Å². The van der Waals surface area contributed by atoms with Crippen molar-refractivity contribution in [2.75, 3.05) is 39.6 Å². The summed E-state index contributed by atoms with van der Waals surface area (Å²) < 4.78 is 20.0. The summed E-state index contributed by atoms with van der Waals surface area (Å²) in [6, 6.07) is 8.44. The van der Waals surface area contributed by atoms with Crippen molar-refractivity contribution in [3.8, 4) is 5.75 Å². The molecule has 0 spiro atoms. The van der Waals surface area contributed by atoms with Crippen LogP contribution in [0.5, 0.6) is 5.75 Å². The number of fused-ring (bicyclic) bond motifs is 1. The van der Waals surface area contributed by atoms with Crippen molar-refractivity contribution in [1.82, 2.24) is 25.5 Å². The number of halogens is 3. The molecule has 2 heterocycles. The number of carbonyl (C=O) groups excluding carboxylic acids is 1. The fourth-order valence-corrected chi connectivity index (χ4v) is 4.05. The Balaban J connectivity index is 0.00000306. The highest BCUT2D eigenvalue weighted by atomic mass is 35.5. The zero-order valence-electron chi connectivity index (χ0n) is 18.4. The number of hydrogen-bond acceptors (Lipinski definition) is 7. The maximum absolute atomic E-state index is 14.4. The molecular weight excluding hydrogens is 470 g/mol. The third kappa shape index (κ3) is 4.54. The van der Waals surface area contributed by atoms with Gasteiger partial charge in [0.05, 0.1) is 23.3 Å². The van der Waals surface area contributed by atoms with Gasteiger partial charge in [0.2, 0.25) is 5.91 Å². The minimum absolute atomic E-state index is 0. The molecular formula is C22H25Cl2FN6O2. The van der Waals surface area contributed by atoms with Crippen molar-refractivity contribution in [2.24, 2.45) is 0 Å². The van der Waals surface area contributed by atoms with E-state index < -0.39 is 11.4 Å². The lowest BCUT2D eigenvalue weighted by atomic mass is 9.88. The number of methoxy groups -OCH3 is 1. The van der Waals surface area contributed by atoms with Crippen LogP contribution in [-0.4, -0.2) is 60.6 Å². The molecule has 1 aliphatic heterocycles. The molecule has 0 radical (unpaired) electrons. The van der Waals surface area contributed by atoms with E-state index in [0.717, 1.165) is 5.56 Å². The molecule has 1 aliphatic rings. The standard InChI is InChI=1S/C22H24ClFN6O2.ClH/c1-25-21(31)22(10-26-11-22)30(2)9-13-7-14-17(8-18(13)32-3)27-12-28-20(14)29-16-6-4-5-15(23)19(16)24;/h4-8,12,26H,9-11H2,1-3H3,(H,25,31)(H,27,28,29);1H. The van der Waals surface area contributed by atoms with Crippen LogP contribution in [0.2, 0.25) is 5.02 Å². The second kappa shape index (κ2) is 10.0. The number of carbonyl (C=O) groups is 1. The molecule has 0 atom stereocenters. The lowest BCUT2D eigenvalue weighted by Gasteiger charge is -2.47. The van der Waals surface area contributed by atoms with Gasteiger partial charge in [0.1, 0.15) is 23.4 Å². The molecule has 8 nitrogen and oxygen atoms in total. The van der Waals surface area contributed by atoms with Crippen LogP contribution < -0.4 is 20.7 Å². The summed E-state index contributed by atoms with van der Waals surface area (Å²) >= 11 is 5.91. The van der Waals surface area contributed by atoms with E-state index in [1.807, 2.05) is 24.1 Å². The first kappa shape index (κ1) is 24.9. The largest absolute Gasteiger partial charge is 0.496 e. The van der Waals surface area contributed by atoms with Crippen molar-refractivity contribution in [3.63, 3.8) is 0 Å². The van der Waals surface area contributed by atoms with Gasteiger partial charge in [-0.15, -0.1) is 12.4 Å². The average molecular weight is 495 g/mol. The molecule has 1 aromatic heterocycles. The second-order valence-electron chi connectivity index (χ2n) is 7.70. The van der Waals surface area contributed by atoms with E-state index in [0.29, 0.717) is 42.1 Å². The normalized spacial score (nSPS) is 14.4. The van der Waals surface area contributed by atoms with Crippen LogP contribution >= 0.6 is 24.0 Å². The van der Waals surface area contributed by atoms with Crippen LogP contribution in [0.15, 0.2) is 36.7 Å². The highest BCUT2D eigenvalue weighted by Gasteiger charge is 2.47. The third-order valence-electron chi connectivity index (χ3n) is 5.87. The van der Waals surface area contributed by atoms with Crippen molar-refractivity contribution in [3.05, 3.63) is 53.1 Å². The number of likely N-dealkylation sites (N-methyl/N-ethyl adjacent to an activating group) is 2. The Morgan fingerprint density at radius 1 is 1.33 bits per heavy atom. The van der Waals surface area contributed by atoms with E-state index in [-0.39, 0.29) is 29.0 Å². The summed E-state index contributed by atoms with van der Waals surface area (Å²) in [6.45, 7) is 1.57. The minimum Gasteiger partial charge on any atom is -0.496 e. The van der Waals surface area contributed by atoms with Crippen LogP contribution in [0.3, 0.4) is 0 Å². The lowest BCUT2D eigenvalue weighted by Crippen LogP contribution is -2.74. The molecule has 4 rings (SSSR count). The number of anilines is 2. The van der Waals surface area contributed by atoms with Crippen LogP contribution in [0.4, 0.5) is 15.9 Å². The molecule has 0 aliphatic carbocycles. The van der Waals surface area contributed by atoms with Gasteiger partial charge in [-0.2, -0.15) is 0 Å². The number of nitrogens with zero attached hydrogens (tertiary/aromatic N) is 3. The molecule has 0 unspecified atom stereocenters. The summed E-state index contributed by atoms with van der Waals surface area (Å²) in [5.41, 5.74) is 1.07. The summed E-state index contributed by atoms with van der Waals surface area (Å²) in [5, 5.41) is 9.65. The number of amides is 1. The Morgan fingerprint density at radius 2 is 2.09 bits per heavy atom. The predicted molar refractivity (Wildman–Crippen MR) is 129 cm³/mol. The molecule has 11 heteroatoms. The van der Waals surface area contributed by atoms with Gasteiger partial charge in [0.15, 0.2) is 5.82 Å². The predicted octanol–water partition coefficient (Wildman–Crippen LogP) is 3.12. The molecule has 1 saturated heterocycles. The smallest absolute Gasteiger partial charge is 0.242 e. The fraction of sp³-hybridized carbons (Fsp3) is 0.318. The first-order valence-corrected chi connectivity index (χ1v) is 10.4. The van der Waals surface area contributed by atoms with E-state index in [4.69, 9.17) is 16.3 Å². The van der Waals surface area contributed by atoms with E-state index in [1.54, 1.807) is 26.3 Å². The van der Waals surface area contributed by atoms with Gasteiger partial charge in [-0.05, 0) is 25.2 Å². The quantitative estimate of drug-likeness (QED) is 0.464. The van der Waals surface area contributed by atoms with Gasteiger partial charge in [0, 0.05) is 43.7 Å². The number of nitrogens with one attached hydrogen (secondary N) is 3. The molecule has 33 heavy (non-hydrogen) atoms. The topological polar surface area (TPSA) is 91.4 Å². The SMILES string of the molecule is CNC(=O)C1(N(C)Cc2cc3c(Nc4cccc(Cl)c4F)ncnc3cc2OC)CNC1.Cl. The number of hydrogen-bond donors (Lipinski definition) is 3. The molecule has 2 aromatic carbocycles. The molecule has 176 valence electrons. The Labute approximate surface area is 202 Å². The maximum atomic E-state index is 14.4. The van der Waals surface area contributed by atoms with Gasteiger partial charge >= 0.3 is 0 Å². The van der Waals surface area contributed by atoms with Gasteiger partial charge in [-0.1, -0.05) is 17.7 Å². The van der Waals surface area contributed by atoms with Crippen molar-refractivity contribution < 1.29 is 13.9 Å². The molecule has 0 saturated carbocycles. The fourth-order valence-electron chi connectivity index (χ4n) is 3.87. The van der Waals surface area contributed by atoms with Crippen LogP contribution in [0.25, 0.3) is 10.9 Å². The van der Waals surface area contributed by atoms with Gasteiger partial charge in [-0.25, -0.2) is 14.4 Å². The zero-order chi connectivity index (χ0) is 22.9. The second-order valence-corrected chi connectivity index (χ2v) is 8.11. The number of aromatic nitrogens is 2. The minimum atomic E-state index is -0.632. The average Bonchev–Trinajstić information content (AvgIpc) is 2.75. The van der Waals surface area contributed by atoms with E-state index in [2.05, 4.69) is 25.9 Å². The summed E-state index contributed by atoms with van der Waals surface area (Å²) in [5.74, 6) is 0.483. The summed E-state index contributed by atoms with van der Waals surface area (Å²) in [6.07, 6.45) is 1.40. The number of benzene rings is 2. The van der Waals surface area contributed by atoms with Gasteiger partial charge in [0.25, 0.3) is 0 Å². The summed E-state index contributed by atoms with van der Waals surface area (Å²) in [4.78, 5) is 23.2. The van der Waals surface area contributed by atoms with Gasteiger partial charge in [-0.3, -0.25) is 9.69 Å². The molecule has 1 amide bonds. The molecule has 3 aromatic rings. The first-order valence-electron chi connectivity index (χ1n) is 10.1. The van der Waals surface area contributed by atoms with Crippen molar-refractivity contribution >= 4 is 52.3 Å². The van der Waals surface area contributed by atoms with E-state index >= 15 is 0 Å². The van der Waals surface area contributed by atoms with Crippen molar-refractivity contribution in [2.45, 2.75) is 12.1 Å². The van der Waals surface area contributed by atoms with Gasteiger partial charge < -0.3 is 20.7 Å². The van der Waals surface area contributed by atoms with Crippen LogP contribution in [-0.2, 0) is 11.3 Å². The molecule has 3 N–H and O–H groups in total. The molecule has 1 fully saturated rings. The zero-order valence-corrected chi connectivity index (χ0v) is 20.0. The van der Waals surface area contributed by atoms with E-state index in [9.17, 15) is 9.18 Å². The molecule has 0 bridgehead atoms. The Bertz CT molecular complexity index is 1180. The Kier molecular flexibility index (Phi) is 7.58. The Hall–Kier alpha value is -2.72. The van der Waals surface area contributed by atoms with Crippen LogP contribution in [0, 0.1) is 5.82 Å². The first-order chi connectivity index (χ1) is 15.4. The van der Waals surface area contributed by atoms with E-state index in [1.165, 1.54) is 12.4 Å². The number of rotatable bonds is 7. The third-order valence-corrected chi connectivity index (χ3v) is 6.16. The Morgan fingerprint density at radius 3 is 2.73 bits per heavy atom. The monoisotopic (exact) mass is 494 g/mol. The summed E-state index contributed by atoms with van der Waals surface area (Å²) in [7, 11) is 5.13. The van der Waals surface area contributed by atoms with Crippen LogP contribution in [0.1, 0.15) is 5.56 Å². The lowest BCUT2D eigenvalue weighted by molar-refractivity contribution is -0.136. The number of ether oxygens (including phenoxy) is 1.